The Morgan fingerprint density at radius 2 is 0.764 bits per heavy atom. The molecule has 4 aromatic heterocycles. The first-order valence-corrected chi connectivity index (χ1v) is 38.8. The zero-order valence-corrected chi connectivity index (χ0v) is 62.7. The van der Waals surface area contributed by atoms with Crippen molar-refractivity contribution < 1.29 is 14.4 Å². The number of rotatable bonds is 19. The number of H-pyrrole nitrogens is 3. The number of aliphatic imine (C=N–C) groups is 3. The topological polar surface area (TPSA) is 248 Å². The molecule has 20 heteroatoms. The SMILES string of the molecule is CCC1=NC2(CCCC2)C(=O)N1Cc1ccc(-c2cc(-c3cc(C)ccn3)ccc2-c2nn[nH]n2)cc1.CCC1=NC2(CCCC2)C(=O)N1Cc1ccc(-c2cc(-c3ccccc3)ccc2-c2cn[nH]n2)cc1.CCCC1=NC2(CCCC2)C(=O)N1Cc1ccc(-c2cc(-c3ccccc3)ccc2-c2cn[nH]n2)cc1. The predicted octanol–water partition coefficient (Wildman–Crippen LogP) is 18.3. The number of nitrogens with one attached hydrogen (secondary N) is 3. The average molecular weight is 1460 g/mol. The van der Waals surface area contributed by atoms with E-state index >= 15 is 0 Å². The number of aromatic amines is 3. The van der Waals surface area contributed by atoms with Gasteiger partial charge in [0.15, 0.2) is 0 Å². The van der Waals surface area contributed by atoms with Gasteiger partial charge in [-0.2, -0.15) is 36.0 Å². The molecule has 3 saturated carbocycles. The minimum Gasteiger partial charge on any atom is -0.294 e. The van der Waals surface area contributed by atoms with E-state index in [1.54, 1.807) is 12.4 Å². The maximum absolute atomic E-state index is 13.5. The number of tetrazole rings is 1. The predicted molar refractivity (Wildman–Crippen MR) is 431 cm³/mol. The number of hydrogen-bond acceptors (Lipinski definition) is 14. The monoisotopic (exact) mass is 1460 g/mol. The van der Waals surface area contributed by atoms with Gasteiger partial charge in [-0.3, -0.25) is 49.0 Å². The second-order valence-corrected chi connectivity index (χ2v) is 29.7. The van der Waals surface area contributed by atoms with Gasteiger partial charge >= 0.3 is 0 Å². The number of nitrogens with zero attached hydrogens (tertiary/aromatic N) is 14. The van der Waals surface area contributed by atoms with E-state index in [9.17, 15) is 14.4 Å². The molecule has 3 aliphatic carbocycles. The van der Waals surface area contributed by atoms with Crippen LogP contribution >= 0.6 is 0 Å². The molecule has 3 amide bonds. The minimum atomic E-state index is -0.505. The third kappa shape index (κ3) is 14.6. The van der Waals surface area contributed by atoms with Gasteiger partial charge < -0.3 is 0 Å². The van der Waals surface area contributed by atoms with Crippen LogP contribution in [0.2, 0.25) is 0 Å². The number of carbonyl (C=O) groups is 3. The maximum atomic E-state index is 13.5. The molecule has 0 radical (unpaired) electrons. The van der Waals surface area contributed by atoms with E-state index in [4.69, 9.17) is 15.0 Å². The van der Waals surface area contributed by atoms with Crippen LogP contribution in [-0.4, -0.2) is 123 Å². The largest absolute Gasteiger partial charge is 0.294 e. The Morgan fingerprint density at radius 3 is 1.15 bits per heavy atom. The summed E-state index contributed by atoms with van der Waals surface area (Å²) in [5.41, 5.74) is 20.5. The molecule has 0 unspecified atom stereocenters. The molecule has 18 rings (SSSR count). The van der Waals surface area contributed by atoms with Gasteiger partial charge in [-0.05, 0) is 171 Å². The number of hydrogen-bond donors (Lipinski definition) is 3. The van der Waals surface area contributed by atoms with Crippen molar-refractivity contribution in [2.45, 2.75) is 167 Å². The van der Waals surface area contributed by atoms with Crippen LogP contribution in [0.1, 0.15) is 146 Å². The van der Waals surface area contributed by atoms with Crippen molar-refractivity contribution in [2.75, 3.05) is 0 Å². The van der Waals surface area contributed by atoms with Crippen molar-refractivity contribution in [1.82, 2.24) is 71.1 Å². The quantitative estimate of drug-likeness (QED) is 0.0687. The molecule has 0 bridgehead atoms. The second kappa shape index (κ2) is 31.5. The van der Waals surface area contributed by atoms with Gasteiger partial charge in [-0.25, -0.2) is 0 Å². The van der Waals surface area contributed by atoms with Gasteiger partial charge in [0, 0.05) is 47.7 Å². The molecule has 20 nitrogen and oxygen atoms in total. The Balaban J connectivity index is 0.000000125. The molecule has 3 aliphatic heterocycles. The fourth-order valence-corrected chi connectivity index (χ4v) is 16.8. The van der Waals surface area contributed by atoms with Crippen LogP contribution in [0.5, 0.6) is 0 Å². The lowest BCUT2D eigenvalue weighted by molar-refractivity contribution is -0.132. The van der Waals surface area contributed by atoms with E-state index in [1.807, 2.05) is 51.2 Å². The molecule has 552 valence electrons. The number of aryl methyl sites for hydroxylation is 1. The zero-order valence-electron chi connectivity index (χ0n) is 62.7. The van der Waals surface area contributed by atoms with Gasteiger partial charge in [-0.1, -0.05) is 223 Å². The first-order valence-electron chi connectivity index (χ1n) is 38.8. The Labute approximate surface area is 640 Å². The minimum absolute atomic E-state index is 0.170. The van der Waals surface area contributed by atoms with Crippen LogP contribution in [0.25, 0.3) is 101 Å². The van der Waals surface area contributed by atoms with Crippen LogP contribution < -0.4 is 0 Å². The smallest absolute Gasteiger partial charge is 0.256 e. The molecule has 0 atom stereocenters. The first kappa shape index (κ1) is 71.9. The van der Waals surface area contributed by atoms with Crippen LogP contribution in [0.3, 0.4) is 0 Å². The fourth-order valence-electron chi connectivity index (χ4n) is 16.8. The van der Waals surface area contributed by atoms with Gasteiger partial charge in [-0.15, -0.1) is 10.2 Å². The summed E-state index contributed by atoms with van der Waals surface area (Å²) in [6.45, 7) is 10.0. The van der Waals surface area contributed by atoms with Crippen molar-refractivity contribution in [2.24, 2.45) is 15.0 Å². The number of amides is 3. The third-order valence-corrected chi connectivity index (χ3v) is 22.6. The number of benzene rings is 8. The zero-order chi connectivity index (χ0) is 75.2. The highest BCUT2D eigenvalue weighted by Crippen LogP contribution is 2.45. The highest BCUT2D eigenvalue weighted by Gasteiger charge is 2.51. The van der Waals surface area contributed by atoms with Gasteiger partial charge in [0.25, 0.3) is 17.7 Å². The molecule has 3 fully saturated rings. The molecule has 0 saturated heterocycles. The van der Waals surface area contributed by atoms with Crippen LogP contribution in [0.4, 0.5) is 0 Å². The lowest BCUT2D eigenvalue weighted by Crippen LogP contribution is -2.40. The van der Waals surface area contributed by atoms with Crippen LogP contribution in [0.15, 0.2) is 234 Å². The summed E-state index contributed by atoms with van der Waals surface area (Å²) >= 11 is 0. The summed E-state index contributed by atoms with van der Waals surface area (Å²) in [4.78, 5) is 65.3. The van der Waals surface area contributed by atoms with Crippen LogP contribution in [0, 0.1) is 6.92 Å². The number of aromatic nitrogens is 11. The molecule has 110 heavy (non-hydrogen) atoms. The number of pyridine rings is 1. The van der Waals surface area contributed by atoms with E-state index in [1.165, 1.54) is 11.1 Å². The first-order chi connectivity index (χ1) is 53.9. The number of carbonyl (C=O) groups excluding carboxylic acids is 3. The highest BCUT2D eigenvalue weighted by atomic mass is 16.2. The van der Waals surface area contributed by atoms with Gasteiger partial charge in [0.05, 0.1) is 37.7 Å². The standard InChI is InChI=1S/C31H31N5O.C30H29N5O.C29H29N7O/c1-2-8-29-33-31(17-6-7-18-31)30(37)36(29)21-22-11-13-24(14-12-22)27-19-25(23-9-4-3-5-10-23)15-16-26(27)28-20-32-35-34-28;1-2-28-32-30(16-6-7-17-30)29(36)35(28)20-21-10-12-23(13-11-21)26-18-24(22-8-4-3-5-9-22)14-15-25(26)27-19-31-34-33-27;1-3-26-31-29(13-4-5-14-29)28(37)36(26)18-20-6-8-21(9-7-20)24-17-22(25-16-19(2)12-15-30-25)10-11-23(24)27-32-34-35-33-27/h3-5,9-16,19-20H,2,6-8,17-18,21H2,1H3,(H,32,34,35);3-5,8-15,18-19H,2,6-7,16-17,20H2,1H3,(H,31,33,34);6-12,15-17H,3-5,13-14,18H2,1-2H3,(H,32,33,34,35). The molecule has 8 aromatic carbocycles. The summed E-state index contributed by atoms with van der Waals surface area (Å²) in [7, 11) is 0. The average Bonchev–Trinajstić information content (AvgIpc) is 1.60. The van der Waals surface area contributed by atoms with Gasteiger partial charge in [0.1, 0.15) is 45.5 Å². The lowest BCUT2D eigenvalue weighted by Gasteiger charge is -2.22. The normalized spacial score (nSPS) is 16.6. The molecule has 12 aromatic rings. The maximum Gasteiger partial charge on any atom is 0.256 e. The molecular weight excluding hydrogens is 1370 g/mol. The van der Waals surface area contributed by atoms with E-state index in [-0.39, 0.29) is 17.7 Å². The second-order valence-electron chi connectivity index (χ2n) is 29.7. The van der Waals surface area contributed by atoms with Crippen molar-refractivity contribution in [3.63, 3.8) is 0 Å². The summed E-state index contributed by atoms with van der Waals surface area (Å²) in [6.07, 6.45) is 20.5. The fraction of sp³-hybridized carbons (Fsp3) is 0.289. The van der Waals surface area contributed by atoms with Crippen molar-refractivity contribution >= 4 is 35.2 Å². The Hall–Kier alpha value is -12.3. The van der Waals surface area contributed by atoms with E-state index < -0.39 is 16.6 Å². The molecule has 3 spiro atoms. The molecule has 3 N–H and O–H groups in total. The van der Waals surface area contributed by atoms with E-state index in [0.717, 1.165) is 226 Å². The number of amidine groups is 3. The van der Waals surface area contributed by atoms with E-state index in [2.05, 4.69) is 254 Å². The van der Waals surface area contributed by atoms with Crippen LogP contribution in [-0.2, 0) is 34.0 Å². The Kier molecular flexibility index (Phi) is 20.6. The molecule has 7 heterocycles. The summed E-state index contributed by atoms with van der Waals surface area (Å²) < 4.78 is 0. The molecule has 6 aliphatic rings. The summed E-state index contributed by atoms with van der Waals surface area (Å²) in [6, 6.07) is 69.4. The summed E-state index contributed by atoms with van der Waals surface area (Å²) in [5, 5.41) is 36.9. The Bertz CT molecular complexity index is 5350. The summed E-state index contributed by atoms with van der Waals surface area (Å²) in [5.74, 6) is 3.89. The highest BCUT2D eigenvalue weighted by molar-refractivity contribution is 6.10. The van der Waals surface area contributed by atoms with Crippen molar-refractivity contribution in [1.29, 1.82) is 0 Å². The van der Waals surface area contributed by atoms with Crippen molar-refractivity contribution in [3.8, 4) is 101 Å². The van der Waals surface area contributed by atoms with Crippen molar-refractivity contribution in [3.05, 3.63) is 241 Å². The molecular formula is C90H89N17O3. The lowest BCUT2D eigenvalue weighted by atomic mass is 9.93. The van der Waals surface area contributed by atoms with E-state index in [0.29, 0.717) is 25.5 Å². The van der Waals surface area contributed by atoms with Gasteiger partial charge in [0.2, 0.25) is 5.82 Å². The third-order valence-electron chi connectivity index (χ3n) is 22.6. The Morgan fingerprint density at radius 1 is 0.373 bits per heavy atom.